The Morgan fingerprint density at radius 1 is 0.895 bits per heavy atom. The van der Waals surface area contributed by atoms with Crippen LogP contribution >= 0.6 is 0 Å². The molecule has 5 rings (SSSR count). The number of amides is 1. The third kappa shape index (κ3) is 5.22. The van der Waals surface area contributed by atoms with E-state index in [-0.39, 0.29) is 11.4 Å². The van der Waals surface area contributed by atoms with E-state index in [0.717, 1.165) is 10.8 Å². The molecule has 0 atom stereocenters. The summed E-state index contributed by atoms with van der Waals surface area (Å²) in [5, 5.41) is 13.7. The second-order valence-corrected chi connectivity index (χ2v) is 10.4. The van der Waals surface area contributed by atoms with E-state index in [1.54, 1.807) is 67.7 Å². The number of primary amides is 1. The Hall–Kier alpha value is -4.67. The monoisotopic (exact) mass is 524 g/mol. The second kappa shape index (κ2) is 10.4. The van der Waals surface area contributed by atoms with Crippen molar-refractivity contribution < 1.29 is 13.2 Å². The van der Waals surface area contributed by atoms with Gasteiger partial charge in [0.2, 0.25) is 15.9 Å². The largest absolute Gasteiger partial charge is 0.366 e. The Bertz CT molecular complexity index is 1740. The predicted molar refractivity (Wildman–Crippen MR) is 146 cm³/mol. The predicted octanol–water partition coefficient (Wildman–Crippen LogP) is 4.32. The van der Waals surface area contributed by atoms with Crippen LogP contribution in [0.3, 0.4) is 0 Å². The van der Waals surface area contributed by atoms with Gasteiger partial charge in [-0.1, -0.05) is 42.5 Å². The molecular formula is C28H24N6O3S. The quantitative estimate of drug-likeness (QED) is 0.275. The van der Waals surface area contributed by atoms with Crippen LogP contribution in [0.25, 0.3) is 22.0 Å². The van der Waals surface area contributed by atoms with Crippen LogP contribution < -0.4 is 15.8 Å². The van der Waals surface area contributed by atoms with Crippen LogP contribution in [0.5, 0.6) is 0 Å². The molecule has 9 nitrogen and oxygen atoms in total. The smallest absolute Gasteiger partial charge is 0.248 e. The molecular weight excluding hydrogens is 500 g/mol. The van der Waals surface area contributed by atoms with E-state index in [1.807, 2.05) is 30.3 Å². The van der Waals surface area contributed by atoms with Gasteiger partial charge < -0.3 is 11.1 Å². The fourth-order valence-electron chi connectivity index (χ4n) is 4.05. The number of fused-ring (bicyclic) bond motifs is 1. The van der Waals surface area contributed by atoms with Crippen LogP contribution in [0, 0.1) is 6.92 Å². The van der Waals surface area contributed by atoms with Crippen molar-refractivity contribution in [2.75, 3.05) is 5.32 Å². The fraction of sp³-hybridized carbons (Fsp3) is 0.0714. The lowest BCUT2D eigenvalue weighted by atomic mass is 10.0. The van der Waals surface area contributed by atoms with Gasteiger partial charge in [-0.2, -0.15) is 0 Å². The first-order valence-corrected chi connectivity index (χ1v) is 13.2. The van der Waals surface area contributed by atoms with Crippen molar-refractivity contribution in [2.24, 2.45) is 5.73 Å². The number of nitrogens with two attached hydrogens (primary N) is 1. The van der Waals surface area contributed by atoms with Crippen molar-refractivity contribution in [1.82, 2.24) is 19.9 Å². The standard InChI is InChI=1S/C28H24N6O3S/c1-18-9-10-20(16-25(18)38(36,37)31-17-22-6-4-5-15-30-22)26-23-7-2-3-8-24(23)28(34-33-26)32-21-13-11-19(12-14-21)27(29)35/h2-16,31H,17H2,1H3,(H2,29,35)(H,32,34). The number of aromatic nitrogens is 3. The zero-order valence-corrected chi connectivity index (χ0v) is 21.2. The normalized spacial score (nSPS) is 11.4. The zero-order chi connectivity index (χ0) is 26.7. The first-order valence-electron chi connectivity index (χ1n) is 11.7. The lowest BCUT2D eigenvalue weighted by Crippen LogP contribution is -2.24. The molecule has 0 bridgehead atoms. The minimum Gasteiger partial charge on any atom is -0.366 e. The van der Waals surface area contributed by atoms with Crippen molar-refractivity contribution in [3.8, 4) is 11.3 Å². The second-order valence-electron chi connectivity index (χ2n) is 8.64. The van der Waals surface area contributed by atoms with Gasteiger partial charge in [0.05, 0.1) is 17.1 Å². The van der Waals surface area contributed by atoms with Gasteiger partial charge in [0.1, 0.15) is 5.69 Å². The van der Waals surface area contributed by atoms with Crippen LogP contribution in [0.15, 0.2) is 96.0 Å². The van der Waals surface area contributed by atoms with E-state index in [2.05, 4.69) is 25.2 Å². The summed E-state index contributed by atoms with van der Waals surface area (Å²) in [6.07, 6.45) is 1.62. The molecule has 10 heteroatoms. The van der Waals surface area contributed by atoms with Crippen LogP contribution in [-0.2, 0) is 16.6 Å². The van der Waals surface area contributed by atoms with Gasteiger partial charge in [0.15, 0.2) is 5.82 Å². The molecule has 0 aliphatic carbocycles. The maximum Gasteiger partial charge on any atom is 0.248 e. The molecule has 2 heterocycles. The molecule has 38 heavy (non-hydrogen) atoms. The summed E-state index contributed by atoms with van der Waals surface area (Å²) in [5.41, 5.74) is 8.84. The Balaban J connectivity index is 1.49. The van der Waals surface area contributed by atoms with E-state index in [4.69, 9.17) is 5.73 Å². The van der Waals surface area contributed by atoms with Crippen molar-refractivity contribution in [3.05, 3.63) is 108 Å². The molecule has 0 spiro atoms. The lowest BCUT2D eigenvalue weighted by Gasteiger charge is -2.14. The van der Waals surface area contributed by atoms with E-state index in [9.17, 15) is 13.2 Å². The number of aryl methyl sites for hydroxylation is 1. The first kappa shape index (κ1) is 25.0. The third-order valence-corrected chi connectivity index (χ3v) is 7.58. The van der Waals surface area contributed by atoms with Gasteiger partial charge in [-0.05, 0) is 55.0 Å². The highest BCUT2D eigenvalue weighted by molar-refractivity contribution is 7.89. The van der Waals surface area contributed by atoms with Gasteiger partial charge in [-0.3, -0.25) is 9.78 Å². The summed E-state index contributed by atoms with van der Waals surface area (Å²) in [7, 11) is -3.81. The van der Waals surface area contributed by atoms with Gasteiger partial charge in [0, 0.05) is 33.8 Å². The highest BCUT2D eigenvalue weighted by Crippen LogP contribution is 2.32. The molecule has 0 saturated heterocycles. The maximum atomic E-state index is 13.2. The third-order valence-electron chi connectivity index (χ3n) is 6.04. The van der Waals surface area contributed by atoms with Crippen molar-refractivity contribution >= 4 is 38.2 Å². The summed E-state index contributed by atoms with van der Waals surface area (Å²) in [4.78, 5) is 15.7. The molecule has 0 unspecified atom stereocenters. The van der Waals surface area contributed by atoms with Gasteiger partial charge in [0.25, 0.3) is 0 Å². The number of hydrogen-bond donors (Lipinski definition) is 3. The number of nitrogens with one attached hydrogen (secondary N) is 2. The van der Waals surface area contributed by atoms with E-state index in [1.165, 1.54) is 0 Å². The van der Waals surface area contributed by atoms with E-state index in [0.29, 0.717) is 39.6 Å². The first-order chi connectivity index (χ1) is 18.3. The van der Waals surface area contributed by atoms with Gasteiger partial charge in [-0.15, -0.1) is 10.2 Å². The molecule has 4 N–H and O–H groups in total. The summed E-state index contributed by atoms with van der Waals surface area (Å²) in [5.74, 6) is 0.0192. The number of sulfonamides is 1. The summed E-state index contributed by atoms with van der Waals surface area (Å²) in [6, 6.07) is 24.9. The maximum absolute atomic E-state index is 13.2. The minimum atomic E-state index is -3.81. The van der Waals surface area contributed by atoms with Gasteiger partial charge >= 0.3 is 0 Å². The van der Waals surface area contributed by atoms with Crippen molar-refractivity contribution in [3.63, 3.8) is 0 Å². The Kier molecular flexibility index (Phi) is 6.82. The summed E-state index contributed by atoms with van der Waals surface area (Å²) in [6.45, 7) is 1.83. The number of rotatable bonds is 8. The topological polar surface area (TPSA) is 140 Å². The van der Waals surface area contributed by atoms with Crippen molar-refractivity contribution in [2.45, 2.75) is 18.4 Å². The van der Waals surface area contributed by atoms with Gasteiger partial charge in [-0.25, -0.2) is 13.1 Å². The molecule has 0 aliphatic rings. The highest BCUT2D eigenvalue weighted by atomic mass is 32.2. The molecule has 0 saturated carbocycles. The Labute approximate surface area is 219 Å². The van der Waals surface area contributed by atoms with Crippen LogP contribution in [0.4, 0.5) is 11.5 Å². The SMILES string of the molecule is Cc1ccc(-c2nnc(Nc3ccc(C(N)=O)cc3)c3ccccc23)cc1S(=O)(=O)NCc1ccccn1. The molecule has 0 radical (unpaired) electrons. The van der Waals surface area contributed by atoms with E-state index < -0.39 is 15.9 Å². The fourth-order valence-corrected chi connectivity index (χ4v) is 5.32. The number of benzene rings is 3. The Morgan fingerprint density at radius 2 is 1.63 bits per heavy atom. The Morgan fingerprint density at radius 3 is 2.34 bits per heavy atom. The highest BCUT2D eigenvalue weighted by Gasteiger charge is 2.20. The molecule has 190 valence electrons. The van der Waals surface area contributed by atoms with Crippen LogP contribution in [0.2, 0.25) is 0 Å². The summed E-state index contributed by atoms with van der Waals surface area (Å²) >= 11 is 0. The minimum absolute atomic E-state index is 0.0797. The average Bonchev–Trinajstić information content (AvgIpc) is 2.93. The average molecular weight is 525 g/mol. The number of hydrogen-bond acceptors (Lipinski definition) is 7. The number of nitrogens with zero attached hydrogens (tertiary/aromatic N) is 3. The summed E-state index contributed by atoms with van der Waals surface area (Å²) < 4.78 is 29.0. The number of anilines is 2. The van der Waals surface area contributed by atoms with Crippen LogP contribution in [-0.4, -0.2) is 29.5 Å². The number of carbonyl (C=O) groups excluding carboxylic acids is 1. The van der Waals surface area contributed by atoms with Crippen molar-refractivity contribution in [1.29, 1.82) is 0 Å². The number of carbonyl (C=O) groups is 1. The van der Waals surface area contributed by atoms with E-state index >= 15 is 0 Å². The zero-order valence-electron chi connectivity index (χ0n) is 20.4. The molecule has 0 aliphatic heterocycles. The lowest BCUT2D eigenvalue weighted by molar-refractivity contribution is 0.100. The molecule has 0 fully saturated rings. The molecule has 2 aromatic heterocycles. The molecule has 1 amide bonds. The molecule has 3 aromatic carbocycles. The number of pyridine rings is 1. The molecule has 5 aromatic rings. The van der Waals surface area contributed by atoms with Crippen LogP contribution in [0.1, 0.15) is 21.6 Å².